The molecular formula is C23H24O8S. The van der Waals surface area contributed by atoms with E-state index in [0.29, 0.717) is 17.5 Å². The first kappa shape index (κ1) is 23.3. The summed E-state index contributed by atoms with van der Waals surface area (Å²) in [5, 5.41) is 19.7. The number of carboxylic acid groups (broad SMARTS) is 1. The van der Waals surface area contributed by atoms with Crippen molar-refractivity contribution < 1.29 is 37.1 Å². The van der Waals surface area contributed by atoms with Crippen LogP contribution in [0.2, 0.25) is 0 Å². The largest absolute Gasteiger partial charge is 0.507 e. The van der Waals surface area contributed by atoms with E-state index in [1.54, 1.807) is 32.1 Å². The number of fused-ring (bicyclic) bond motifs is 1. The smallest absolute Gasteiger partial charge is 0.342 e. The van der Waals surface area contributed by atoms with E-state index in [2.05, 4.69) is 0 Å². The number of hydrogen-bond acceptors (Lipinski definition) is 7. The van der Waals surface area contributed by atoms with Crippen molar-refractivity contribution in [2.24, 2.45) is 0 Å². The van der Waals surface area contributed by atoms with E-state index < -0.39 is 22.1 Å². The van der Waals surface area contributed by atoms with Crippen LogP contribution in [0, 0.1) is 13.8 Å². The Morgan fingerprint density at radius 1 is 1.19 bits per heavy atom. The van der Waals surface area contributed by atoms with Crippen LogP contribution in [0.4, 0.5) is 0 Å². The van der Waals surface area contributed by atoms with Crippen LogP contribution in [-0.2, 0) is 32.7 Å². The first-order chi connectivity index (χ1) is 15.0. The van der Waals surface area contributed by atoms with Gasteiger partial charge in [-0.2, -0.15) is 8.42 Å². The van der Waals surface area contributed by atoms with Crippen LogP contribution < -0.4 is 4.18 Å². The van der Waals surface area contributed by atoms with E-state index in [9.17, 15) is 23.1 Å². The molecule has 0 saturated carbocycles. The van der Waals surface area contributed by atoms with Gasteiger partial charge in [0.1, 0.15) is 22.8 Å². The maximum Gasteiger partial charge on any atom is 0.342 e. The number of aromatic hydroxyl groups is 1. The summed E-state index contributed by atoms with van der Waals surface area (Å²) in [5.41, 5.74) is 2.46. The molecule has 0 unspecified atom stereocenters. The van der Waals surface area contributed by atoms with E-state index in [1.807, 2.05) is 6.92 Å². The van der Waals surface area contributed by atoms with Gasteiger partial charge in [-0.25, -0.2) is 4.79 Å². The number of benzene rings is 2. The number of phenols is 1. The average molecular weight is 461 g/mol. The van der Waals surface area contributed by atoms with Crippen LogP contribution in [0.3, 0.4) is 0 Å². The molecule has 2 aromatic carbocycles. The van der Waals surface area contributed by atoms with Crippen molar-refractivity contribution in [1.29, 1.82) is 0 Å². The van der Waals surface area contributed by atoms with Gasteiger partial charge in [0, 0.05) is 17.5 Å². The molecule has 9 heteroatoms. The normalized spacial score (nSPS) is 13.6. The Morgan fingerprint density at radius 2 is 1.84 bits per heavy atom. The molecule has 0 bridgehead atoms. The van der Waals surface area contributed by atoms with Crippen molar-refractivity contribution in [1.82, 2.24) is 0 Å². The summed E-state index contributed by atoms with van der Waals surface area (Å²) in [6.45, 7) is 5.06. The summed E-state index contributed by atoms with van der Waals surface area (Å²) in [5.74, 6) is -2.14. The Hall–Kier alpha value is -3.33. The lowest BCUT2D eigenvalue weighted by Gasteiger charge is -2.17. The van der Waals surface area contributed by atoms with Gasteiger partial charge >= 0.3 is 22.1 Å². The van der Waals surface area contributed by atoms with Crippen molar-refractivity contribution in [2.75, 3.05) is 0 Å². The number of ether oxygens (including phenoxy) is 1. The fourth-order valence-electron chi connectivity index (χ4n) is 3.38. The summed E-state index contributed by atoms with van der Waals surface area (Å²) in [6.07, 6.45) is 1.95. The van der Waals surface area contributed by atoms with Gasteiger partial charge in [-0.05, 0) is 51.3 Å². The van der Waals surface area contributed by atoms with Gasteiger partial charge in [-0.1, -0.05) is 29.3 Å². The first-order valence-electron chi connectivity index (χ1n) is 9.94. The van der Waals surface area contributed by atoms with Gasteiger partial charge in [-0.3, -0.25) is 4.79 Å². The summed E-state index contributed by atoms with van der Waals surface area (Å²) in [7, 11) is -4.30. The lowest BCUT2D eigenvalue weighted by Crippen LogP contribution is -2.14. The third-order valence-electron chi connectivity index (χ3n) is 5.34. The van der Waals surface area contributed by atoms with Crippen LogP contribution >= 0.6 is 0 Å². The lowest BCUT2D eigenvalue weighted by atomic mass is 9.95. The number of carbonyl (C=O) groups excluding carboxylic acids is 1. The van der Waals surface area contributed by atoms with Gasteiger partial charge < -0.3 is 19.1 Å². The minimum Gasteiger partial charge on any atom is -0.507 e. The Morgan fingerprint density at radius 3 is 2.47 bits per heavy atom. The van der Waals surface area contributed by atoms with Crippen molar-refractivity contribution in [2.45, 2.75) is 51.5 Å². The molecule has 1 aliphatic rings. The molecule has 32 heavy (non-hydrogen) atoms. The highest BCUT2D eigenvalue weighted by molar-refractivity contribution is 7.87. The summed E-state index contributed by atoms with van der Waals surface area (Å²) in [6, 6.07) is 6.04. The first-order valence-corrected chi connectivity index (χ1v) is 11.3. The Kier molecular flexibility index (Phi) is 6.59. The van der Waals surface area contributed by atoms with Gasteiger partial charge in [-0.15, -0.1) is 0 Å². The zero-order valence-corrected chi connectivity index (χ0v) is 18.8. The van der Waals surface area contributed by atoms with Crippen molar-refractivity contribution in [3.05, 3.63) is 63.7 Å². The van der Waals surface area contributed by atoms with E-state index in [1.165, 1.54) is 12.1 Å². The Labute approximate surface area is 186 Å². The molecule has 0 atom stereocenters. The zero-order valence-electron chi connectivity index (χ0n) is 18.0. The summed E-state index contributed by atoms with van der Waals surface area (Å²) < 4.78 is 36.4. The highest BCUT2D eigenvalue weighted by Crippen LogP contribution is 2.43. The van der Waals surface area contributed by atoms with E-state index in [-0.39, 0.29) is 47.0 Å². The van der Waals surface area contributed by atoms with Crippen molar-refractivity contribution in [3.63, 3.8) is 0 Å². The summed E-state index contributed by atoms with van der Waals surface area (Å²) >= 11 is 0. The molecule has 0 fully saturated rings. The molecule has 0 aromatic heterocycles. The monoisotopic (exact) mass is 460 g/mol. The Balaban J connectivity index is 2.09. The summed E-state index contributed by atoms with van der Waals surface area (Å²) in [4.78, 5) is 23.1. The average Bonchev–Trinajstić information content (AvgIpc) is 3.11. The Bertz CT molecular complexity index is 1210. The highest BCUT2D eigenvalue weighted by atomic mass is 32.2. The van der Waals surface area contributed by atoms with Gasteiger partial charge in [0.05, 0.1) is 0 Å². The predicted molar refractivity (Wildman–Crippen MR) is 115 cm³/mol. The number of carboxylic acids is 1. The number of esters is 1. The van der Waals surface area contributed by atoms with E-state index in [0.717, 1.165) is 11.1 Å². The van der Waals surface area contributed by atoms with Gasteiger partial charge in [0.2, 0.25) is 0 Å². The van der Waals surface area contributed by atoms with Crippen LogP contribution in [-0.4, -0.2) is 30.6 Å². The number of aliphatic carboxylic acids is 1. The molecule has 2 N–H and O–H groups in total. The molecule has 170 valence electrons. The molecule has 0 saturated heterocycles. The second-order valence-electron chi connectivity index (χ2n) is 7.71. The second-order valence-corrected chi connectivity index (χ2v) is 9.26. The van der Waals surface area contributed by atoms with Crippen molar-refractivity contribution >= 4 is 22.1 Å². The molecule has 2 aromatic rings. The van der Waals surface area contributed by atoms with Gasteiger partial charge in [0.25, 0.3) is 0 Å². The van der Waals surface area contributed by atoms with Crippen molar-refractivity contribution in [3.8, 4) is 11.5 Å². The molecular weight excluding hydrogens is 436 g/mol. The van der Waals surface area contributed by atoms with Gasteiger partial charge in [0.15, 0.2) is 5.75 Å². The van der Waals surface area contributed by atoms with Crippen LogP contribution in [0.25, 0.3) is 0 Å². The number of rotatable bonds is 8. The molecule has 0 aliphatic carbocycles. The fourth-order valence-corrected chi connectivity index (χ4v) is 4.35. The third kappa shape index (κ3) is 4.77. The highest BCUT2D eigenvalue weighted by Gasteiger charge is 2.35. The topological polar surface area (TPSA) is 127 Å². The van der Waals surface area contributed by atoms with Crippen LogP contribution in [0.5, 0.6) is 11.5 Å². The number of carbonyl (C=O) groups is 2. The predicted octanol–water partition coefficient (Wildman–Crippen LogP) is 3.80. The molecule has 8 nitrogen and oxygen atoms in total. The third-order valence-corrected chi connectivity index (χ3v) is 6.57. The number of phenolic OH excluding ortho intramolecular Hbond substituents is 1. The molecule has 0 spiro atoms. The van der Waals surface area contributed by atoms with E-state index >= 15 is 0 Å². The fraction of sp³-hybridized carbons (Fsp3) is 0.304. The molecule has 1 heterocycles. The number of hydrogen-bond donors (Lipinski definition) is 2. The molecule has 1 aliphatic heterocycles. The number of aryl methyl sites for hydroxylation is 1. The molecule has 3 rings (SSSR count). The minimum atomic E-state index is -4.30. The molecule has 0 radical (unpaired) electrons. The standard InChI is InChI=1S/C23H24O8S/c1-13-4-8-16(9-5-13)32(28,29)31-22-17(10-6-14(2)7-11-19(24)25)21(26)15(3)18-12-30-23(27)20(18)22/h4-6,8-9,26H,7,10-12H2,1-3H3,(H,24,25). The number of allylic oxidation sites excluding steroid dienone is 2. The second kappa shape index (κ2) is 9.04. The molecule has 0 amide bonds. The zero-order chi connectivity index (χ0) is 23.6. The minimum absolute atomic E-state index is 0.0254. The van der Waals surface area contributed by atoms with Crippen LogP contribution in [0.1, 0.15) is 52.4 Å². The lowest BCUT2D eigenvalue weighted by molar-refractivity contribution is -0.136. The SMILES string of the molecule is CC(=CCc1c(O)c(C)c2c(c1OS(=O)(=O)c1ccc(C)cc1)C(=O)OC2)CCC(=O)O. The maximum atomic E-state index is 12.9. The maximum absolute atomic E-state index is 12.9. The number of cyclic esters (lactones) is 1. The quantitative estimate of drug-likeness (QED) is 0.346. The van der Waals surface area contributed by atoms with E-state index in [4.69, 9.17) is 14.0 Å². The van der Waals surface area contributed by atoms with Crippen LogP contribution in [0.15, 0.2) is 40.8 Å².